The molecule has 1 fully saturated rings. The smallest absolute Gasteiger partial charge is 0.242 e. The van der Waals surface area contributed by atoms with Crippen LogP contribution >= 0.6 is 0 Å². The number of amides is 1. The molecule has 1 aliphatic heterocycles. The quantitative estimate of drug-likeness (QED) is 0.758. The SMILES string of the molecule is NCc1cn(CC(=O)N2CCCC2)cn1. The Kier molecular flexibility index (Phi) is 3.01. The minimum atomic E-state index is 0.175. The first-order valence-corrected chi connectivity index (χ1v) is 5.28. The maximum atomic E-state index is 11.8. The van der Waals surface area contributed by atoms with Gasteiger partial charge in [-0.1, -0.05) is 0 Å². The van der Waals surface area contributed by atoms with Crippen LogP contribution in [0, 0.1) is 0 Å². The molecule has 2 rings (SSSR count). The van der Waals surface area contributed by atoms with Crippen LogP contribution in [0.2, 0.25) is 0 Å². The number of likely N-dealkylation sites (tertiary alicyclic amines) is 1. The van der Waals surface area contributed by atoms with E-state index in [1.807, 2.05) is 11.1 Å². The minimum absolute atomic E-state index is 0.175. The van der Waals surface area contributed by atoms with E-state index in [1.165, 1.54) is 0 Å². The van der Waals surface area contributed by atoms with E-state index in [1.54, 1.807) is 10.9 Å². The average Bonchev–Trinajstić information content (AvgIpc) is 2.87. The summed E-state index contributed by atoms with van der Waals surface area (Å²) in [6.07, 6.45) is 5.75. The van der Waals surface area contributed by atoms with Crippen LogP contribution in [0.4, 0.5) is 0 Å². The minimum Gasteiger partial charge on any atom is -0.341 e. The monoisotopic (exact) mass is 208 g/mol. The summed E-state index contributed by atoms with van der Waals surface area (Å²) in [5.41, 5.74) is 6.27. The molecule has 1 saturated heterocycles. The van der Waals surface area contributed by atoms with Crippen molar-refractivity contribution < 1.29 is 4.79 Å². The zero-order valence-electron chi connectivity index (χ0n) is 8.72. The number of carbonyl (C=O) groups excluding carboxylic acids is 1. The Morgan fingerprint density at radius 1 is 1.47 bits per heavy atom. The fourth-order valence-corrected chi connectivity index (χ4v) is 1.82. The summed E-state index contributed by atoms with van der Waals surface area (Å²) in [6, 6.07) is 0. The number of carbonyl (C=O) groups is 1. The number of nitrogens with two attached hydrogens (primary N) is 1. The lowest BCUT2D eigenvalue weighted by Gasteiger charge is -2.14. The number of aromatic nitrogens is 2. The van der Waals surface area contributed by atoms with E-state index in [4.69, 9.17) is 5.73 Å². The molecular formula is C10H16N4O. The molecule has 5 nitrogen and oxygen atoms in total. The third kappa shape index (κ3) is 2.36. The molecule has 15 heavy (non-hydrogen) atoms. The second-order valence-corrected chi connectivity index (χ2v) is 3.83. The van der Waals surface area contributed by atoms with Crippen molar-refractivity contribution in [3.8, 4) is 0 Å². The summed E-state index contributed by atoms with van der Waals surface area (Å²) in [6.45, 7) is 2.60. The molecule has 1 aliphatic rings. The van der Waals surface area contributed by atoms with Gasteiger partial charge in [-0.05, 0) is 12.8 Å². The highest BCUT2D eigenvalue weighted by Crippen LogP contribution is 2.08. The molecule has 0 saturated carbocycles. The molecule has 0 bridgehead atoms. The van der Waals surface area contributed by atoms with E-state index in [0.717, 1.165) is 31.6 Å². The van der Waals surface area contributed by atoms with Gasteiger partial charge in [0.2, 0.25) is 5.91 Å². The first-order valence-electron chi connectivity index (χ1n) is 5.28. The summed E-state index contributed by atoms with van der Waals surface area (Å²) in [5, 5.41) is 0. The summed E-state index contributed by atoms with van der Waals surface area (Å²) in [4.78, 5) is 17.7. The van der Waals surface area contributed by atoms with Gasteiger partial charge >= 0.3 is 0 Å². The van der Waals surface area contributed by atoms with Crippen molar-refractivity contribution in [1.29, 1.82) is 0 Å². The fourth-order valence-electron chi connectivity index (χ4n) is 1.82. The van der Waals surface area contributed by atoms with Crippen molar-refractivity contribution in [3.63, 3.8) is 0 Å². The van der Waals surface area contributed by atoms with Gasteiger partial charge in [0, 0.05) is 25.8 Å². The van der Waals surface area contributed by atoms with Crippen LogP contribution in [0.15, 0.2) is 12.5 Å². The molecule has 0 aromatic carbocycles. The third-order valence-corrected chi connectivity index (χ3v) is 2.67. The van der Waals surface area contributed by atoms with Gasteiger partial charge in [0.1, 0.15) is 6.54 Å². The van der Waals surface area contributed by atoms with Gasteiger partial charge in [-0.2, -0.15) is 0 Å². The number of imidazole rings is 1. The van der Waals surface area contributed by atoms with Crippen LogP contribution in [0.25, 0.3) is 0 Å². The molecule has 1 amide bonds. The largest absolute Gasteiger partial charge is 0.341 e. The number of nitrogens with zero attached hydrogens (tertiary/aromatic N) is 3. The van der Waals surface area contributed by atoms with Crippen molar-refractivity contribution in [1.82, 2.24) is 14.5 Å². The lowest BCUT2D eigenvalue weighted by atomic mass is 10.4. The zero-order valence-corrected chi connectivity index (χ0v) is 8.72. The Morgan fingerprint density at radius 3 is 2.80 bits per heavy atom. The zero-order chi connectivity index (χ0) is 10.7. The lowest BCUT2D eigenvalue weighted by molar-refractivity contribution is -0.130. The molecule has 1 aromatic heterocycles. The average molecular weight is 208 g/mol. The summed E-state index contributed by atoms with van der Waals surface area (Å²) < 4.78 is 1.79. The first-order chi connectivity index (χ1) is 7.29. The maximum Gasteiger partial charge on any atom is 0.242 e. The fraction of sp³-hybridized carbons (Fsp3) is 0.600. The topological polar surface area (TPSA) is 64.2 Å². The molecule has 0 atom stereocenters. The standard InChI is InChI=1S/C10H16N4O/c11-5-9-6-13(8-12-9)7-10(15)14-3-1-2-4-14/h6,8H,1-5,7,11H2. The number of rotatable bonds is 3. The van der Waals surface area contributed by atoms with E-state index in [9.17, 15) is 4.79 Å². The highest BCUT2D eigenvalue weighted by Gasteiger charge is 2.17. The van der Waals surface area contributed by atoms with Gasteiger partial charge < -0.3 is 15.2 Å². The second-order valence-electron chi connectivity index (χ2n) is 3.83. The Hall–Kier alpha value is -1.36. The van der Waals surface area contributed by atoms with Crippen LogP contribution in [0.5, 0.6) is 0 Å². The summed E-state index contributed by atoms with van der Waals surface area (Å²) in [7, 11) is 0. The number of hydrogen-bond acceptors (Lipinski definition) is 3. The predicted octanol–water partition coefficient (Wildman–Crippen LogP) is -0.0358. The highest BCUT2D eigenvalue weighted by molar-refractivity contribution is 5.76. The van der Waals surface area contributed by atoms with Gasteiger partial charge in [-0.25, -0.2) is 4.98 Å². The van der Waals surface area contributed by atoms with Gasteiger partial charge in [0.15, 0.2) is 0 Å². The Labute approximate surface area is 88.9 Å². The maximum absolute atomic E-state index is 11.8. The Bertz CT molecular complexity index is 341. The van der Waals surface area contributed by atoms with Crippen LogP contribution in [0.1, 0.15) is 18.5 Å². The Morgan fingerprint density at radius 2 is 2.20 bits per heavy atom. The molecule has 2 N–H and O–H groups in total. The van der Waals surface area contributed by atoms with Gasteiger partial charge in [0.05, 0.1) is 12.0 Å². The first kappa shape index (κ1) is 10.2. The summed E-state index contributed by atoms with van der Waals surface area (Å²) in [5.74, 6) is 0.175. The van der Waals surface area contributed by atoms with Crippen LogP contribution in [-0.4, -0.2) is 33.4 Å². The molecule has 0 aliphatic carbocycles. The van der Waals surface area contributed by atoms with E-state index in [2.05, 4.69) is 4.98 Å². The molecule has 0 unspecified atom stereocenters. The highest BCUT2D eigenvalue weighted by atomic mass is 16.2. The van der Waals surface area contributed by atoms with Gasteiger partial charge in [0.25, 0.3) is 0 Å². The van der Waals surface area contributed by atoms with Gasteiger partial charge in [-0.15, -0.1) is 0 Å². The molecular weight excluding hydrogens is 192 g/mol. The van der Waals surface area contributed by atoms with Crippen molar-refractivity contribution >= 4 is 5.91 Å². The second kappa shape index (κ2) is 4.44. The van der Waals surface area contributed by atoms with E-state index in [-0.39, 0.29) is 5.91 Å². The Balaban J connectivity index is 1.92. The van der Waals surface area contributed by atoms with Crippen molar-refractivity contribution in [3.05, 3.63) is 18.2 Å². The van der Waals surface area contributed by atoms with E-state index in [0.29, 0.717) is 13.1 Å². The third-order valence-electron chi connectivity index (χ3n) is 2.67. The molecule has 82 valence electrons. The molecule has 1 aromatic rings. The van der Waals surface area contributed by atoms with Crippen molar-refractivity contribution in [2.75, 3.05) is 13.1 Å². The van der Waals surface area contributed by atoms with Crippen LogP contribution < -0.4 is 5.73 Å². The van der Waals surface area contributed by atoms with Crippen molar-refractivity contribution in [2.24, 2.45) is 5.73 Å². The molecule has 0 radical (unpaired) electrons. The van der Waals surface area contributed by atoms with Crippen molar-refractivity contribution in [2.45, 2.75) is 25.9 Å². The molecule has 2 heterocycles. The molecule has 0 spiro atoms. The van der Waals surface area contributed by atoms with Crippen LogP contribution in [0.3, 0.4) is 0 Å². The predicted molar refractivity (Wildman–Crippen MR) is 55.9 cm³/mol. The summed E-state index contributed by atoms with van der Waals surface area (Å²) >= 11 is 0. The number of hydrogen-bond donors (Lipinski definition) is 1. The van der Waals surface area contributed by atoms with Gasteiger partial charge in [-0.3, -0.25) is 4.79 Å². The van der Waals surface area contributed by atoms with E-state index < -0.39 is 0 Å². The lowest BCUT2D eigenvalue weighted by Crippen LogP contribution is -2.30. The van der Waals surface area contributed by atoms with Crippen LogP contribution in [-0.2, 0) is 17.9 Å². The van der Waals surface area contributed by atoms with E-state index >= 15 is 0 Å². The molecule has 5 heteroatoms. The normalized spacial score (nSPS) is 15.9.